The number of halogens is 1. The molecule has 0 aliphatic carbocycles. The summed E-state index contributed by atoms with van der Waals surface area (Å²) in [5.41, 5.74) is 2.15. The lowest BCUT2D eigenvalue weighted by Gasteiger charge is -2.08. The molecule has 2 nitrogen and oxygen atoms in total. The van der Waals surface area contributed by atoms with Gasteiger partial charge in [-0.1, -0.05) is 13.0 Å². The van der Waals surface area contributed by atoms with Gasteiger partial charge in [-0.25, -0.2) is 4.39 Å². The molecule has 1 rings (SSSR count). The Balaban J connectivity index is 2.15. The van der Waals surface area contributed by atoms with Gasteiger partial charge in [-0.2, -0.15) is 0 Å². The minimum atomic E-state index is -0.168. The molecule has 1 N–H and O–H groups in total. The van der Waals surface area contributed by atoms with Crippen molar-refractivity contribution in [1.29, 1.82) is 0 Å². The van der Waals surface area contributed by atoms with Crippen molar-refractivity contribution >= 4 is 0 Å². The number of ether oxygens (including phenoxy) is 1. The van der Waals surface area contributed by atoms with E-state index in [-0.39, 0.29) is 5.82 Å². The summed E-state index contributed by atoms with van der Waals surface area (Å²) in [4.78, 5) is 0. The molecule has 0 aliphatic rings. The Morgan fingerprint density at radius 1 is 1.29 bits per heavy atom. The topological polar surface area (TPSA) is 21.3 Å². The number of aryl methyl sites for hydroxylation is 1. The molecule has 0 saturated carbocycles. The van der Waals surface area contributed by atoms with Crippen LogP contribution in [0.5, 0.6) is 0 Å². The summed E-state index contributed by atoms with van der Waals surface area (Å²) in [6.07, 6.45) is 2.06. The maximum Gasteiger partial charge on any atom is 0.123 e. The molecule has 0 bridgehead atoms. The molecule has 17 heavy (non-hydrogen) atoms. The van der Waals surface area contributed by atoms with E-state index in [2.05, 4.69) is 12.2 Å². The Hall–Kier alpha value is -0.930. The molecule has 0 fully saturated rings. The zero-order valence-electron chi connectivity index (χ0n) is 10.8. The second kappa shape index (κ2) is 8.20. The second-order valence-corrected chi connectivity index (χ2v) is 4.21. The summed E-state index contributed by atoms with van der Waals surface area (Å²) in [6.45, 7) is 7.36. The number of benzene rings is 1. The Bertz CT molecular complexity index is 328. The molecule has 96 valence electrons. The van der Waals surface area contributed by atoms with Crippen molar-refractivity contribution in [2.75, 3.05) is 19.8 Å². The van der Waals surface area contributed by atoms with Crippen LogP contribution in [0, 0.1) is 12.7 Å². The lowest BCUT2D eigenvalue weighted by Crippen LogP contribution is -2.17. The van der Waals surface area contributed by atoms with Crippen molar-refractivity contribution in [2.45, 2.75) is 33.2 Å². The third-order valence-electron chi connectivity index (χ3n) is 2.62. The van der Waals surface area contributed by atoms with Crippen LogP contribution in [-0.2, 0) is 11.3 Å². The van der Waals surface area contributed by atoms with E-state index in [1.807, 2.05) is 13.0 Å². The maximum absolute atomic E-state index is 13.0. The first kappa shape index (κ1) is 14.1. The van der Waals surface area contributed by atoms with Gasteiger partial charge in [0.1, 0.15) is 5.82 Å². The van der Waals surface area contributed by atoms with Gasteiger partial charge in [-0.05, 0) is 49.6 Å². The molecule has 1 aromatic rings. The minimum absolute atomic E-state index is 0.168. The highest BCUT2D eigenvalue weighted by Crippen LogP contribution is 2.09. The first-order valence-corrected chi connectivity index (χ1v) is 6.27. The van der Waals surface area contributed by atoms with Gasteiger partial charge in [0.25, 0.3) is 0 Å². The normalized spacial score (nSPS) is 10.8. The zero-order chi connectivity index (χ0) is 12.5. The predicted octanol–water partition coefficient (Wildman–Crippen LogP) is 3.04. The number of nitrogens with one attached hydrogen (secondary N) is 1. The van der Waals surface area contributed by atoms with Gasteiger partial charge in [-0.15, -0.1) is 0 Å². The van der Waals surface area contributed by atoms with Gasteiger partial charge >= 0.3 is 0 Å². The maximum atomic E-state index is 13.0. The van der Waals surface area contributed by atoms with E-state index in [0.29, 0.717) is 0 Å². The quantitative estimate of drug-likeness (QED) is 0.704. The Morgan fingerprint density at radius 3 is 2.88 bits per heavy atom. The van der Waals surface area contributed by atoms with Crippen LogP contribution in [-0.4, -0.2) is 19.8 Å². The van der Waals surface area contributed by atoms with Crippen LogP contribution in [0.3, 0.4) is 0 Å². The summed E-state index contributed by atoms with van der Waals surface area (Å²) >= 11 is 0. The molecule has 0 radical (unpaired) electrons. The lowest BCUT2D eigenvalue weighted by molar-refractivity contribution is 0.132. The van der Waals surface area contributed by atoms with Crippen molar-refractivity contribution in [3.8, 4) is 0 Å². The molecule has 0 unspecified atom stereocenters. The van der Waals surface area contributed by atoms with Crippen molar-refractivity contribution in [1.82, 2.24) is 5.32 Å². The van der Waals surface area contributed by atoms with Crippen LogP contribution in [0.2, 0.25) is 0 Å². The van der Waals surface area contributed by atoms with Gasteiger partial charge in [-0.3, -0.25) is 0 Å². The largest absolute Gasteiger partial charge is 0.381 e. The smallest absolute Gasteiger partial charge is 0.123 e. The summed E-state index contributed by atoms with van der Waals surface area (Å²) in [6, 6.07) is 4.91. The fourth-order valence-corrected chi connectivity index (χ4v) is 1.60. The van der Waals surface area contributed by atoms with Crippen LogP contribution < -0.4 is 5.32 Å². The molecular formula is C14H22FNO. The van der Waals surface area contributed by atoms with Gasteiger partial charge in [0.05, 0.1) is 0 Å². The lowest BCUT2D eigenvalue weighted by atomic mass is 10.1. The van der Waals surface area contributed by atoms with Crippen LogP contribution in [0.15, 0.2) is 18.2 Å². The molecule has 0 aliphatic heterocycles. The molecule has 0 aromatic heterocycles. The average Bonchev–Trinajstić information content (AvgIpc) is 2.32. The van der Waals surface area contributed by atoms with Gasteiger partial charge in [0.2, 0.25) is 0 Å². The highest BCUT2D eigenvalue weighted by molar-refractivity contribution is 5.26. The SMILES string of the molecule is CCCOCCCNCc1cc(F)ccc1C. The van der Waals surface area contributed by atoms with Crippen LogP contribution in [0.1, 0.15) is 30.9 Å². The Labute approximate surface area is 103 Å². The molecule has 0 atom stereocenters. The fourth-order valence-electron chi connectivity index (χ4n) is 1.60. The van der Waals surface area contributed by atoms with Crippen molar-refractivity contribution in [2.24, 2.45) is 0 Å². The van der Waals surface area contributed by atoms with Gasteiger partial charge in [0, 0.05) is 19.8 Å². The highest BCUT2D eigenvalue weighted by atomic mass is 19.1. The second-order valence-electron chi connectivity index (χ2n) is 4.21. The van der Waals surface area contributed by atoms with Crippen LogP contribution >= 0.6 is 0 Å². The van der Waals surface area contributed by atoms with E-state index in [1.165, 1.54) is 6.07 Å². The van der Waals surface area contributed by atoms with Crippen molar-refractivity contribution < 1.29 is 9.13 Å². The molecule has 1 aromatic carbocycles. The third-order valence-corrected chi connectivity index (χ3v) is 2.62. The molecule has 0 saturated heterocycles. The van der Waals surface area contributed by atoms with Crippen LogP contribution in [0.25, 0.3) is 0 Å². The first-order valence-electron chi connectivity index (χ1n) is 6.27. The summed E-state index contributed by atoms with van der Waals surface area (Å²) in [5.74, 6) is -0.168. The standard InChI is InChI=1S/C14H22FNO/c1-3-8-17-9-4-7-16-11-13-10-14(15)6-5-12(13)2/h5-6,10,16H,3-4,7-9,11H2,1-2H3. The van der Waals surface area contributed by atoms with E-state index >= 15 is 0 Å². The van der Waals surface area contributed by atoms with E-state index in [0.717, 1.165) is 50.3 Å². The highest BCUT2D eigenvalue weighted by Gasteiger charge is 1.99. The number of rotatable bonds is 8. The molecule has 3 heteroatoms. The van der Waals surface area contributed by atoms with E-state index in [9.17, 15) is 4.39 Å². The summed E-state index contributed by atoms with van der Waals surface area (Å²) in [7, 11) is 0. The number of hydrogen-bond donors (Lipinski definition) is 1. The monoisotopic (exact) mass is 239 g/mol. The van der Waals surface area contributed by atoms with Crippen molar-refractivity contribution in [3.05, 3.63) is 35.1 Å². The van der Waals surface area contributed by atoms with Gasteiger partial charge < -0.3 is 10.1 Å². The average molecular weight is 239 g/mol. The summed E-state index contributed by atoms with van der Waals surface area (Å²) in [5, 5.41) is 3.30. The van der Waals surface area contributed by atoms with E-state index in [4.69, 9.17) is 4.74 Å². The van der Waals surface area contributed by atoms with E-state index in [1.54, 1.807) is 6.07 Å². The van der Waals surface area contributed by atoms with Crippen LogP contribution in [0.4, 0.5) is 4.39 Å². The Kier molecular flexibility index (Phi) is 6.82. The fraction of sp³-hybridized carbons (Fsp3) is 0.571. The number of hydrogen-bond acceptors (Lipinski definition) is 2. The summed E-state index contributed by atoms with van der Waals surface area (Å²) < 4.78 is 18.4. The van der Waals surface area contributed by atoms with E-state index < -0.39 is 0 Å². The minimum Gasteiger partial charge on any atom is -0.381 e. The van der Waals surface area contributed by atoms with Crippen molar-refractivity contribution in [3.63, 3.8) is 0 Å². The predicted molar refractivity (Wildman–Crippen MR) is 68.6 cm³/mol. The molecule has 0 amide bonds. The molecule has 0 heterocycles. The Morgan fingerprint density at radius 2 is 2.12 bits per heavy atom. The third kappa shape index (κ3) is 5.80. The van der Waals surface area contributed by atoms with Gasteiger partial charge in [0.15, 0.2) is 0 Å². The molecular weight excluding hydrogens is 217 g/mol. The first-order chi connectivity index (χ1) is 8.24. The zero-order valence-corrected chi connectivity index (χ0v) is 10.8. The molecule has 0 spiro atoms.